The molecule has 0 saturated heterocycles. The van der Waals surface area contributed by atoms with Gasteiger partial charge in [0.25, 0.3) is 6.47 Å². The lowest BCUT2D eigenvalue weighted by molar-refractivity contribution is -0.192. The second-order valence-corrected chi connectivity index (χ2v) is 12.4. The summed E-state index contributed by atoms with van der Waals surface area (Å²) in [7, 11) is 4.08. The summed E-state index contributed by atoms with van der Waals surface area (Å²) in [6.07, 6.45) is 1.06. The number of benzene rings is 2. The minimum absolute atomic E-state index is 0.149. The van der Waals surface area contributed by atoms with E-state index in [-0.39, 0.29) is 24.2 Å². The predicted octanol–water partition coefficient (Wildman–Crippen LogP) is 6.47. The van der Waals surface area contributed by atoms with E-state index >= 15 is 0 Å². The summed E-state index contributed by atoms with van der Waals surface area (Å²) in [6.45, 7) is -0.209. The first kappa shape index (κ1) is 44.8. The van der Waals surface area contributed by atoms with E-state index in [9.17, 15) is 35.9 Å². The molecule has 2 aromatic carbocycles. The highest BCUT2D eigenvalue weighted by Crippen LogP contribution is 2.35. The normalized spacial score (nSPS) is 14.5. The molecule has 5 rings (SSSR count). The lowest BCUT2D eigenvalue weighted by atomic mass is 9.88. The van der Waals surface area contributed by atoms with Crippen molar-refractivity contribution in [1.82, 2.24) is 25.5 Å². The molecule has 19 heteroatoms. The van der Waals surface area contributed by atoms with Crippen molar-refractivity contribution in [2.24, 2.45) is 5.92 Å². The molecule has 5 N–H and O–H groups in total. The van der Waals surface area contributed by atoms with Crippen molar-refractivity contribution in [3.63, 3.8) is 0 Å². The van der Waals surface area contributed by atoms with Gasteiger partial charge in [-0.05, 0) is 79.5 Å². The van der Waals surface area contributed by atoms with Crippen LogP contribution in [0.5, 0.6) is 0 Å². The molecule has 0 spiro atoms. The van der Waals surface area contributed by atoms with Crippen molar-refractivity contribution in [2.75, 3.05) is 32.1 Å². The highest BCUT2D eigenvalue weighted by molar-refractivity contribution is 6.30. The number of carbonyl (C=O) groups excluding carboxylic acids is 2. The summed E-state index contributed by atoms with van der Waals surface area (Å²) >= 11 is 6.36. The van der Waals surface area contributed by atoms with Crippen LogP contribution in [-0.2, 0) is 27.3 Å². The molecule has 1 aliphatic rings. The number of hydrogen-bond donors (Lipinski definition) is 5. The maximum absolute atomic E-state index is 14.5. The number of rotatable bonds is 8. The van der Waals surface area contributed by atoms with Crippen LogP contribution < -0.4 is 15.5 Å². The summed E-state index contributed by atoms with van der Waals surface area (Å²) < 4.78 is 60.7. The molecule has 3 amide bonds. The van der Waals surface area contributed by atoms with Gasteiger partial charge in [-0.15, -0.1) is 0 Å². The number of hydrogen-bond acceptors (Lipinski definition) is 6. The van der Waals surface area contributed by atoms with E-state index in [1.165, 1.54) is 0 Å². The van der Waals surface area contributed by atoms with Crippen molar-refractivity contribution < 1.29 is 55.7 Å². The molecule has 294 valence electrons. The molecule has 2 unspecified atom stereocenters. The molecule has 4 aromatic rings. The quantitative estimate of drug-likeness (QED) is 0.100. The Hall–Kier alpha value is -5.36. The van der Waals surface area contributed by atoms with Crippen LogP contribution in [0, 0.1) is 5.92 Å². The van der Waals surface area contributed by atoms with Crippen LogP contribution in [0.15, 0.2) is 73.2 Å². The molecule has 0 radical (unpaired) electrons. The Morgan fingerprint density at radius 1 is 1.09 bits per heavy atom. The van der Waals surface area contributed by atoms with Crippen molar-refractivity contribution >= 4 is 52.6 Å². The summed E-state index contributed by atoms with van der Waals surface area (Å²) in [5.74, 6) is -2.98. The molecule has 3 heterocycles. The Kier molecular flexibility index (Phi) is 17.7. The number of halogens is 7. The molecule has 12 nitrogen and oxygen atoms in total. The van der Waals surface area contributed by atoms with Crippen LogP contribution in [0.1, 0.15) is 29.5 Å². The number of carboxylic acid groups (broad SMARTS) is 2. The number of fused-ring (bicyclic) bond motifs is 2. The molecule has 3 atom stereocenters. The van der Waals surface area contributed by atoms with E-state index in [4.69, 9.17) is 31.4 Å². The number of carboxylic acids is 1. The number of aliphatic carboxylic acids is 1. The van der Waals surface area contributed by atoms with Crippen molar-refractivity contribution in [2.45, 2.75) is 44.7 Å². The number of nitrogens with one attached hydrogen (secondary N) is 3. The second kappa shape index (κ2) is 21.4. The molecule has 0 fully saturated rings. The Bertz CT molecular complexity index is 1810. The number of pyridine rings is 1. The van der Waals surface area contributed by atoms with E-state index in [1.54, 1.807) is 12.4 Å². The molecule has 0 saturated carbocycles. The van der Waals surface area contributed by atoms with Gasteiger partial charge in [0, 0.05) is 65.8 Å². The van der Waals surface area contributed by atoms with Crippen LogP contribution in [0.25, 0.3) is 10.9 Å². The first-order valence-electron chi connectivity index (χ1n) is 15.9. The van der Waals surface area contributed by atoms with E-state index < -0.39 is 30.9 Å². The van der Waals surface area contributed by atoms with Gasteiger partial charge in [-0.2, -0.15) is 26.3 Å². The van der Waals surface area contributed by atoms with Gasteiger partial charge in [-0.25, -0.2) is 9.59 Å². The average molecular weight is 789 g/mol. The zero-order valence-electron chi connectivity index (χ0n) is 29.2. The SMILES string of the molecule is CC(c1c[nH]c2ccccc12)C(NC(=O)NCc1ccncc1)C(=O)N1C[C@@H](CN(C)C)Cc2cc(Cl)ccc21.FC(F)F.O=C(O)C(F)(F)F.O=CO. The monoisotopic (exact) mass is 788 g/mol. The maximum Gasteiger partial charge on any atom is 0.490 e. The number of nitrogens with zero attached hydrogens (tertiary/aromatic N) is 3. The Morgan fingerprint density at radius 2 is 1.69 bits per heavy atom. The van der Waals surface area contributed by atoms with Crippen LogP contribution >= 0.6 is 11.6 Å². The molecular formula is C35H39ClF6N6O6. The van der Waals surface area contributed by atoms with Crippen molar-refractivity contribution in [1.29, 1.82) is 0 Å². The fourth-order valence-electron chi connectivity index (χ4n) is 5.65. The van der Waals surface area contributed by atoms with E-state index in [0.717, 1.165) is 46.2 Å². The number of para-hydroxylation sites is 1. The highest BCUT2D eigenvalue weighted by atomic mass is 35.5. The lowest BCUT2D eigenvalue weighted by Crippen LogP contribution is -2.55. The number of aromatic amines is 1. The molecule has 0 bridgehead atoms. The van der Waals surface area contributed by atoms with Gasteiger partial charge in [-0.3, -0.25) is 14.6 Å². The Morgan fingerprint density at radius 3 is 2.26 bits per heavy atom. The number of anilines is 1. The third-order valence-electron chi connectivity index (χ3n) is 7.78. The number of alkyl halides is 6. The predicted molar refractivity (Wildman–Crippen MR) is 189 cm³/mol. The highest BCUT2D eigenvalue weighted by Gasteiger charge is 2.39. The van der Waals surface area contributed by atoms with Gasteiger partial charge in [0.05, 0.1) is 0 Å². The first-order chi connectivity index (χ1) is 25.4. The summed E-state index contributed by atoms with van der Waals surface area (Å²) in [4.78, 5) is 56.3. The number of H-pyrrole nitrogens is 1. The third-order valence-corrected chi connectivity index (χ3v) is 8.02. The second-order valence-electron chi connectivity index (χ2n) is 11.9. The van der Waals surface area contributed by atoms with Crippen LogP contribution in [0.2, 0.25) is 5.02 Å². The van der Waals surface area contributed by atoms with Gasteiger partial charge in [0.1, 0.15) is 6.04 Å². The average Bonchev–Trinajstić information content (AvgIpc) is 3.53. The lowest BCUT2D eigenvalue weighted by Gasteiger charge is -2.38. The minimum atomic E-state index is -5.08. The van der Waals surface area contributed by atoms with Gasteiger partial charge in [0.2, 0.25) is 5.91 Å². The Balaban J connectivity index is 0.000000618. The summed E-state index contributed by atoms with van der Waals surface area (Å²) in [5.41, 5.74) is 4.77. The van der Waals surface area contributed by atoms with E-state index in [1.807, 2.05) is 86.7 Å². The van der Waals surface area contributed by atoms with Crippen LogP contribution in [0.4, 0.5) is 36.8 Å². The van der Waals surface area contributed by atoms with Gasteiger partial charge in [-0.1, -0.05) is 36.7 Å². The van der Waals surface area contributed by atoms with E-state index in [2.05, 4.69) is 25.5 Å². The van der Waals surface area contributed by atoms with Gasteiger partial charge >= 0.3 is 24.9 Å². The number of urea groups is 1. The van der Waals surface area contributed by atoms with Crippen molar-refractivity contribution in [3.05, 3.63) is 94.9 Å². The number of amides is 3. The largest absolute Gasteiger partial charge is 0.490 e. The Labute approximate surface area is 311 Å². The maximum atomic E-state index is 14.5. The van der Waals surface area contributed by atoms with Crippen molar-refractivity contribution in [3.8, 4) is 0 Å². The third kappa shape index (κ3) is 14.2. The molecule has 54 heavy (non-hydrogen) atoms. The zero-order chi connectivity index (χ0) is 40.6. The summed E-state index contributed by atoms with van der Waals surface area (Å²) in [5, 5.41) is 21.6. The van der Waals surface area contributed by atoms with E-state index in [0.29, 0.717) is 18.1 Å². The topological polar surface area (TPSA) is 168 Å². The smallest absolute Gasteiger partial charge is 0.483 e. The molecule has 2 aromatic heterocycles. The number of aromatic nitrogens is 2. The standard InChI is InChI=1S/C31H35ClN6O2.C2HF3O2.CHF3.CH2O2/c1-20(26-17-34-27-7-5-4-6-25(26)27)29(36-31(40)35-16-21-10-12-33-13-11-21)30(39)38-19-22(18-37(2)3)14-23-15-24(32)8-9-28(23)38;3-2(4,5)1(6)7;2-1(3)4;2-1-3/h4-13,15,17,20,22,29,34H,14,16,18-19H2,1-3H3,(H2,35,36,40);(H,6,7);1H;1H,(H,2,3)/t20?,22-,29?;;;/m1.../s1. The zero-order valence-corrected chi connectivity index (χ0v) is 29.9. The van der Waals surface area contributed by atoms with Gasteiger partial charge < -0.3 is 35.6 Å². The first-order valence-corrected chi connectivity index (χ1v) is 16.3. The minimum Gasteiger partial charge on any atom is -0.483 e. The summed E-state index contributed by atoms with van der Waals surface area (Å²) in [6, 6.07) is 16.2. The van der Waals surface area contributed by atoms with Crippen LogP contribution in [-0.4, -0.2) is 95.5 Å². The fraction of sp³-hybridized carbons (Fsp3) is 0.343. The molecule has 0 aliphatic carbocycles. The number of carbonyl (C=O) groups is 4. The van der Waals surface area contributed by atoms with Gasteiger partial charge in [0.15, 0.2) is 0 Å². The molecular weight excluding hydrogens is 750 g/mol. The fourth-order valence-corrected chi connectivity index (χ4v) is 5.85. The molecule has 1 aliphatic heterocycles. The van der Waals surface area contributed by atoms with Crippen LogP contribution in [0.3, 0.4) is 0 Å².